The number of carboxylic acid groups (broad SMARTS) is 1. The quantitative estimate of drug-likeness (QED) is 0.534. The first kappa shape index (κ1) is 18.5. The number of hydrogen-bond donors (Lipinski definition) is 3. The van der Waals surface area contributed by atoms with E-state index in [9.17, 15) is 22.8 Å². The monoisotopic (exact) mass is 300 g/mol. The van der Waals surface area contributed by atoms with Gasteiger partial charge in [-0.2, -0.15) is 13.2 Å². The Morgan fingerprint density at radius 2 is 1.70 bits per heavy atom. The predicted octanol–water partition coefficient (Wildman–Crippen LogP) is 1.51. The summed E-state index contributed by atoms with van der Waals surface area (Å²) in [5, 5.41) is 13.2. The van der Waals surface area contributed by atoms with Crippen molar-refractivity contribution in [2.24, 2.45) is 0 Å². The second-order valence-electron chi connectivity index (χ2n) is 4.05. The molecule has 118 valence electrons. The van der Waals surface area contributed by atoms with Gasteiger partial charge in [-0.1, -0.05) is 6.42 Å². The molecule has 2 amide bonds. The second-order valence-corrected chi connectivity index (χ2v) is 4.05. The minimum Gasteiger partial charge on any atom is -0.481 e. The van der Waals surface area contributed by atoms with Gasteiger partial charge in [0.15, 0.2) is 0 Å². The maximum absolute atomic E-state index is 11.7. The highest BCUT2D eigenvalue weighted by molar-refractivity contribution is 5.73. The molecule has 0 saturated carbocycles. The number of carbonyl (C=O) groups excluding carboxylic acids is 1. The van der Waals surface area contributed by atoms with E-state index in [2.05, 4.69) is 15.4 Å². The van der Waals surface area contributed by atoms with Gasteiger partial charge in [-0.05, 0) is 12.8 Å². The van der Waals surface area contributed by atoms with Crippen LogP contribution in [0.15, 0.2) is 0 Å². The van der Waals surface area contributed by atoms with Crippen LogP contribution in [0.4, 0.5) is 18.0 Å². The van der Waals surface area contributed by atoms with Crippen LogP contribution >= 0.6 is 0 Å². The van der Waals surface area contributed by atoms with Crippen molar-refractivity contribution in [1.82, 2.24) is 10.6 Å². The molecule has 0 aromatic rings. The Morgan fingerprint density at radius 3 is 2.30 bits per heavy atom. The summed E-state index contributed by atoms with van der Waals surface area (Å²) in [6.45, 7) is -1.18. The smallest absolute Gasteiger partial charge is 0.411 e. The van der Waals surface area contributed by atoms with Gasteiger partial charge in [0, 0.05) is 19.5 Å². The lowest BCUT2D eigenvalue weighted by Gasteiger charge is -2.09. The molecule has 0 unspecified atom stereocenters. The van der Waals surface area contributed by atoms with Gasteiger partial charge in [-0.25, -0.2) is 4.79 Å². The molecule has 0 spiro atoms. The van der Waals surface area contributed by atoms with E-state index >= 15 is 0 Å². The molecule has 0 rings (SSSR count). The maximum atomic E-state index is 11.7. The number of urea groups is 1. The molecule has 0 aromatic heterocycles. The SMILES string of the molecule is O=C(O)CCCCCNC(=O)NCCOCC(F)(F)F. The van der Waals surface area contributed by atoms with E-state index in [1.165, 1.54) is 0 Å². The number of aliphatic carboxylic acids is 1. The first-order chi connectivity index (χ1) is 9.31. The highest BCUT2D eigenvalue weighted by atomic mass is 19.4. The Balaban J connectivity index is 3.31. The fourth-order valence-electron chi connectivity index (χ4n) is 1.27. The first-order valence-electron chi connectivity index (χ1n) is 6.19. The van der Waals surface area contributed by atoms with Gasteiger partial charge < -0.3 is 20.5 Å². The van der Waals surface area contributed by atoms with Crippen molar-refractivity contribution in [3.63, 3.8) is 0 Å². The molecule has 9 heteroatoms. The first-order valence-corrected chi connectivity index (χ1v) is 6.19. The molecule has 0 heterocycles. The zero-order valence-corrected chi connectivity index (χ0v) is 11.0. The number of carboxylic acids is 1. The third-order valence-corrected chi connectivity index (χ3v) is 2.15. The molecule has 0 aliphatic carbocycles. The molecular weight excluding hydrogens is 281 g/mol. The van der Waals surface area contributed by atoms with E-state index in [0.29, 0.717) is 25.8 Å². The highest BCUT2D eigenvalue weighted by Gasteiger charge is 2.27. The van der Waals surface area contributed by atoms with Gasteiger partial charge in [0.1, 0.15) is 6.61 Å². The molecule has 6 nitrogen and oxygen atoms in total. The Labute approximate surface area is 114 Å². The standard InChI is InChI=1S/C11H19F3N2O4/c12-11(13,14)8-20-7-6-16-10(19)15-5-3-1-2-4-9(17)18/h1-8H2,(H,17,18)(H2,15,16,19). The summed E-state index contributed by atoms with van der Waals surface area (Å²) in [5.74, 6) is -0.852. The van der Waals surface area contributed by atoms with E-state index in [0.717, 1.165) is 0 Å². The molecule has 0 aromatic carbocycles. The van der Waals surface area contributed by atoms with Crippen LogP contribution in [0.25, 0.3) is 0 Å². The molecule has 0 saturated heterocycles. The summed E-state index contributed by atoms with van der Waals surface area (Å²) < 4.78 is 39.4. The third kappa shape index (κ3) is 14.6. The Bertz CT molecular complexity index is 298. The van der Waals surface area contributed by atoms with Crippen LogP contribution in [-0.4, -0.2) is 49.6 Å². The number of hydrogen-bond acceptors (Lipinski definition) is 3. The Hall–Kier alpha value is -1.51. The van der Waals surface area contributed by atoms with E-state index in [1.54, 1.807) is 0 Å². The van der Waals surface area contributed by atoms with Crippen LogP contribution in [0.5, 0.6) is 0 Å². The van der Waals surface area contributed by atoms with E-state index in [-0.39, 0.29) is 19.6 Å². The number of carbonyl (C=O) groups is 2. The topological polar surface area (TPSA) is 87.7 Å². The van der Waals surface area contributed by atoms with Crippen LogP contribution in [0.3, 0.4) is 0 Å². The summed E-state index contributed by atoms with van der Waals surface area (Å²) in [4.78, 5) is 21.4. The van der Waals surface area contributed by atoms with Gasteiger partial charge in [0.25, 0.3) is 0 Å². The number of unbranched alkanes of at least 4 members (excludes halogenated alkanes) is 2. The number of alkyl halides is 3. The molecule has 20 heavy (non-hydrogen) atoms. The zero-order chi connectivity index (χ0) is 15.4. The van der Waals surface area contributed by atoms with Crippen molar-refractivity contribution in [2.45, 2.75) is 31.9 Å². The predicted molar refractivity (Wildman–Crippen MR) is 64.4 cm³/mol. The molecule has 0 fully saturated rings. The second kappa shape index (κ2) is 10.3. The van der Waals surface area contributed by atoms with Gasteiger partial charge >= 0.3 is 18.2 Å². The maximum Gasteiger partial charge on any atom is 0.411 e. The lowest BCUT2D eigenvalue weighted by molar-refractivity contribution is -0.173. The minimum atomic E-state index is -4.36. The number of rotatable bonds is 10. The Kier molecular flexibility index (Phi) is 9.52. The number of nitrogens with one attached hydrogen (secondary N) is 2. The van der Waals surface area contributed by atoms with Gasteiger partial charge in [-0.15, -0.1) is 0 Å². The Morgan fingerprint density at radius 1 is 1.05 bits per heavy atom. The summed E-state index contributed by atoms with van der Waals surface area (Å²) in [6, 6.07) is -0.487. The van der Waals surface area contributed by atoms with Crippen LogP contribution < -0.4 is 10.6 Å². The van der Waals surface area contributed by atoms with Crippen molar-refractivity contribution in [3.05, 3.63) is 0 Å². The van der Waals surface area contributed by atoms with Gasteiger partial charge in [0.05, 0.1) is 6.61 Å². The van der Waals surface area contributed by atoms with Crippen LogP contribution in [0, 0.1) is 0 Å². The fraction of sp³-hybridized carbons (Fsp3) is 0.818. The molecular formula is C11H19F3N2O4. The van der Waals surface area contributed by atoms with E-state index < -0.39 is 24.8 Å². The molecule has 0 atom stereocenters. The summed E-state index contributed by atoms with van der Waals surface area (Å²) in [7, 11) is 0. The highest BCUT2D eigenvalue weighted by Crippen LogP contribution is 2.13. The van der Waals surface area contributed by atoms with Crippen LogP contribution in [0.2, 0.25) is 0 Å². The average molecular weight is 300 g/mol. The van der Waals surface area contributed by atoms with Crippen molar-refractivity contribution < 1.29 is 32.6 Å². The van der Waals surface area contributed by atoms with Gasteiger partial charge in [-0.3, -0.25) is 4.79 Å². The van der Waals surface area contributed by atoms with Crippen molar-refractivity contribution in [1.29, 1.82) is 0 Å². The van der Waals surface area contributed by atoms with Crippen LogP contribution in [-0.2, 0) is 9.53 Å². The zero-order valence-electron chi connectivity index (χ0n) is 11.0. The van der Waals surface area contributed by atoms with Crippen LogP contribution in [0.1, 0.15) is 25.7 Å². The molecule has 0 radical (unpaired) electrons. The molecule has 0 aliphatic heterocycles. The number of ether oxygens (including phenoxy) is 1. The normalized spacial score (nSPS) is 11.2. The van der Waals surface area contributed by atoms with Crippen molar-refractivity contribution >= 4 is 12.0 Å². The lowest BCUT2D eigenvalue weighted by Crippen LogP contribution is -2.38. The largest absolute Gasteiger partial charge is 0.481 e. The lowest BCUT2D eigenvalue weighted by atomic mass is 10.2. The van der Waals surface area contributed by atoms with E-state index in [1.807, 2.05) is 0 Å². The minimum absolute atomic E-state index is 0.0130. The van der Waals surface area contributed by atoms with Crippen molar-refractivity contribution in [3.8, 4) is 0 Å². The molecule has 3 N–H and O–H groups in total. The molecule has 0 bridgehead atoms. The summed E-state index contributed by atoms with van der Waals surface area (Å²) in [6.07, 6.45) is -2.39. The van der Waals surface area contributed by atoms with Gasteiger partial charge in [0.2, 0.25) is 0 Å². The fourth-order valence-corrected chi connectivity index (χ4v) is 1.27. The summed E-state index contributed by atoms with van der Waals surface area (Å²) >= 11 is 0. The number of amides is 2. The number of halogens is 3. The summed E-state index contributed by atoms with van der Waals surface area (Å²) in [5.41, 5.74) is 0. The van der Waals surface area contributed by atoms with Crippen molar-refractivity contribution in [2.75, 3.05) is 26.3 Å². The average Bonchev–Trinajstić information content (AvgIpc) is 2.31. The molecule has 0 aliphatic rings. The third-order valence-electron chi connectivity index (χ3n) is 2.15. The van der Waals surface area contributed by atoms with E-state index in [4.69, 9.17) is 5.11 Å².